The zero-order valence-electron chi connectivity index (χ0n) is 16.3. The van der Waals surface area contributed by atoms with Gasteiger partial charge in [-0.1, -0.05) is 6.07 Å². The first kappa shape index (κ1) is 19.9. The van der Waals surface area contributed by atoms with Crippen LogP contribution in [-0.4, -0.2) is 60.0 Å². The second-order valence-electron chi connectivity index (χ2n) is 6.95. The lowest BCUT2D eigenvalue weighted by Gasteiger charge is -2.16. The molecule has 0 bridgehead atoms. The molecular weight excluding hydrogens is 408 g/mol. The molecule has 3 aromatic heterocycles. The number of nitrogens with one attached hydrogen (secondary N) is 1. The second-order valence-corrected chi connectivity index (χ2v) is 8.81. The lowest BCUT2D eigenvalue weighted by Crippen LogP contribution is -2.29. The summed E-state index contributed by atoms with van der Waals surface area (Å²) in [6, 6.07) is 3.90. The van der Waals surface area contributed by atoms with Crippen LogP contribution in [0.5, 0.6) is 0 Å². The number of carbonyl (C=O) groups is 2. The van der Waals surface area contributed by atoms with Gasteiger partial charge in [0.25, 0.3) is 11.8 Å². The Hall–Kier alpha value is -2.36. The van der Waals surface area contributed by atoms with Crippen LogP contribution in [0, 0.1) is 6.92 Å². The SMILES string of the molecule is COCCNC(=O)c1sc2ncccc2c1C1CCN(C(=O)c2scnc2C)C1. The molecule has 1 aliphatic heterocycles. The molecule has 3 aromatic rings. The molecule has 1 unspecified atom stereocenters. The normalized spacial score (nSPS) is 16.5. The Morgan fingerprint density at radius 3 is 2.97 bits per heavy atom. The Balaban J connectivity index is 1.61. The van der Waals surface area contributed by atoms with Crippen LogP contribution in [0.4, 0.5) is 0 Å². The van der Waals surface area contributed by atoms with Crippen molar-refractivity contribution >= 4 is 44.7 Å². The minimum Gasteiger partial charge on any atom is -0.383 e. The highest BCUT2D eigenvalue weighted by Gasteiger charge is 2.34. The van der Waals surface area contributed by atoms with E-state index in [1.807, 2.05) is 24.0 Å². The van der Waals surface area contributed by atoms with Crippen molar-refractivity contribution in [1.29, 1.82) is 0 Å². The van der Waals surface area contributed by atoms with Crippen LogP contribution in [-0.2, 0) is 4.74 Å². The molecule has 1 atom stereocenters. The number of carbonyl (C=O) groups excluding carboxylic acids is 2. The van der Waals surface area contributed by atoms with Gasteiger partial charge in [-0.25, -0.2) is 9.97 Å². The van der Waals surface area contributed by atoms with Crippen molar-refractivity contribution in [3.8, 4) is 0 Å². The molecule has 1 N–H and O–H groups in total. The maximum atomic E-state index is 12.9. The topological polar surface area (TPSA) is 84.4 Å². The summed E-state index contributed by atoms with van der Waals surface area (Å²) in [6.45, 7) is 4.04. The number of likely N-dealkylation sites (tertiary alicyclic amines) is 1. The smallest absolute Gasteiger partial charge is 0.265 e. The van der Waals surface area contributed by atoms with Crippen molar-refractivity contribution < 1.29 is 14.3 Å². The zero-order valence-corrected chi connectivity index (χ0v) is 17.9. The number of ether oxygens (including phenoxy) is 1. The van der Waals surface area contributed by atoms with Gasteiger partial charge >= 0.3 is 0 Å². The Labute approximate surface area is 176 Å². The third-order valence-corrected chi connectivity index (χ3v) is 7.17. The largest absolute Gasteiger partial charge is 0.383 e. The van der Waals surface area contributed by atoms with Crippen LogP contribution in [0.1, 0.15) is 42.9 Å². The number of thiazole rings is 1. The molecule has 9 heteroatoms. The number of hydrogen-bond acceptors (Lipinski definition) is 7. The van der Waals surface area contributed by atoms with Crippen molar-refractivity contribution in [3.05, 3.63) is 44.9 Å². The van der Waals surface area contributed by atoms with E-state index in [0.29, 0.717) is 36.0 Å². The average molecular weight is 431 g/mol. The lowest BCUT2D eigenvalue weighted by atomic mass is 9.95. The molecule has 0 aromatic carbocycles. The molecule has 4 heterocycles. The number of methoxy groups -OCH3 is 1. The maximum Gasteiger partial charge on any atom is 0.265 e. The van der Waals surface area contributed by atoms with Crippen molar-refractivity contribution in [3.63, 3.8) is 0 Å². The third kappa shape index (κ3) is 3.90. The summed E-state index contributed by atoms with van der Waals surface area (Å²) in [5.41, 5.74) is 3.48. The van der Waals surface area contributed by atoms with E-state index in [0.717, 1.165) is 27.9 Å². The zero-order chi connectivity index (χ0) is 20.4. The fourth-order valence-corrected chi connectivity index (χ4v) is 5.62. The minimum absolute atomic E-state index is 0.0243. The molecule has 0 aliphatic carbocycles. The van der Waals surface area contributed by atoms with E-state index in [1.165, 1.54) is 22.7 Å². The average Bonchev–Trinajstić information content (AvgIpc) is 3.45. The number of hydrogen-bond donors (Lipinski definition) is 1. The molecule has 0 spiro atoms. The third-order valence-electron chi connectivity index (χ3n) is 5.13. The number of aryl methyl sites for hydroxylation is 1. The molecule has 4 rings (SSSR count). The fourth-order valence-electron chi connectivity index (χ4n) is 3.70. The Morgan fingerprint density at radius 2 is 2.21 bits per heavy atom. The monoisotopic (exact) mass is 430 g/mol. The van der Waals surface area contributed by atoms with Gasteiger partial charge in [-0.15, -0.1) is 22.7 Å². The van der Waals surface area contributed by atoms with Crippen molar-refractivity contribution in [2.75, 3.05) is 33.4 Å². The molecular formula is C20H22N4O3S2. The van der Waals surface area contributed by atoms with Gasteiger partial charge in [-0.05, 0) is 25.0 Å². The minimum atomic E-state index is -0.108. The molecule has 1 aliphatic rings. The van der Waals surface area contributed by atoms with E-state index < -0.39 is 0 Å². The summed E-state index contributed by atoms with van der Waals surface area (Å²) in [4.78, 5) is 38.5. The molecule has 1 fully saturated rings. The van der Waals surface area contributed by atoms with Crippen LogP contribution >= 0.6 is 22.7 Å². The van der Waals surface area contributed by atoms with Gasteiger partial charge in [0.2, 0.25) is 0 Å². The molecule has 152 valence electrons. The van der Waals surface area contributed by atoms with Crippen LogP contribution in [0.25, 0.3) is 10.2 Å². The number of aromatic nitrogens is 2. The molecule has 0 saturated carbocycles. The van der Waals surface area contributed by atoms with Crippen LogP contribution in [0.15, 0.2) is 23.8 Å². The standard InChI is InChI=1S/C20H22N4O3S2/c1-12-16(28-11-23-12)20(26)24-8-5-13(10-24)15-14-4-3-6-22-19(14)29-17(15)18(25)21-7-9-27-2/h3-4,6,11,13H,5,7-10H2,1-2H3,(H,21,25). The van der Waals surface area contributed by atoms with Gasteiger partial charge in [0.15, 0.2) is 0 Å². The number of pyridine rings is 1. The van der Waals surface area contributed by atoms with Crippen LogP contribution in [0.2, 0.25) is 0 Å². The van der Waals surface area contributed by atoms with E-state index >= 15 is 0 Å². The Morgan fingerprint density at radius 1 is 1.34 bits per heavy atom. The summed E-state index contributed by atoms with van der Waals surface area (Å²) in [5, 5.41) is 3.92. The van der Waals surface area contributed by atoms with E-state index in [4.69, 9.17) is 4.74 Å². The highest BCUT2D eigenvalue weighted by Crippen LogP contribution is 2.39. The van der Waals surface area contributed by atoms with E-state index in [2.05, 4.69) is 15.3 Å². The van der Waals surface area contributed by atoms with Gasteiger partial charge < -0.3 is 15.0 Å². The summed E-state index contributed by atoms with van der Waals surface area (Å²) in [5.74, 6) is 0.0210. The molecule has 0 radical (unpaired) electrons. The quantitative estimate of drug-likeness (QED) is 0.608. The number of thiophene rings is 1. The van der Waals surface area contributed by atoms with Crippen LogP contribution < -0.4 is 5.32 Å². The first-order valence-corrected chi connectivity index (χ1v) is 11.1. The van der Waals surface area contributed by atoms with E-state index in [-0.39, 0.29) is 17.7 Å². The molecule has 7 nitrogen and oxygen atoms in total. The Kier molecular flexibility index (Phi) is 5.89. The highest BCUT2D eigenvalue weighted by molar-refractivity contribution is 7.20. The number of amides is 2. The molecule has 29 heavy (non-hydrogen) atoms. The summed E-state index contributed by atoms with van der Waals surface area (Å²) in [7, 11) is 1.61. The molecule has 1 saturated heterocycles. The maximum absolute atomic E-state index is 12.9. The number of rotatable bonds is 6. The van der Waals surface area contributed by atoms with E-state index in [9.17, 15) is 9.59 Å². The van der Waals surface area contributed by atoms with Crippen molar-refractivity contribution in [2.45, 2.75) is 19.3 Å². The first-order valence-electron chi connectivity index (χ1n) is 9.44. The predicted molar refractivity (Wildman–Crippen MR) is 114 cm³/mol. The predicted octanol–water partition coefficient (Wildman–Crippen LogP) is 3.07. The lowest BCUT2D eigenvalue weighted by molar-refractivity contribution is 0.0794. The van der Waals surface area contributed by atoms with Gasteiger partial charge in [0, 0.05) is 44.2 Å². The van der Waals surface area contributed by atoms with Gasteiger partial charge in [-0.3, -0.25) is 9.59 Å². The van der Waals surface area contributed by atoms with Crippen molar-refractivity contribution in [1.82, 2.24) is 20.2 Å². The van der Waals surface area contributed by atoms with Gasteiger partial charge in [-0.2, -0.15) is 0 Å². The van der Waals surface area contributed by atoms with Gasteiger partial charge in [0.1, 0.15) is 9.71 Å². The van der Waals surface area contributed by atoms with Gasteiger partial charge in [0.05, 0.1) is 22.7 Å². The Bertz CT molecular complexity index is 1050. The van der Waals surface area contributed by atoms with Crippen molar-refractivity contribution in [2.24, 2.45) is 0 Å². The summed E-state index contributed by atoms with van der Waals surface area (Å²) >= 11 is 2.79. The number of nitrogens with zero attached hydrogens (tertiary/aromatic N) is 3. The summed E-state index contributed by atoms with van der Waals surface area (Å²) < 4.78 is 5.03. The van der Waals surface area contributed by atoms with Crippen LogP contribution in [0.3, 0.4) is 0 Å². The first-order chi connectivity index (χ1) is 14.1. The second kappa shape index (κ2) is 8.56. The van der Waals surface area contributed by atoms with E-state index in [1.54, 1.807) is 18.8 Å². The number of fused-ring (bicyclic) bond motifs is 1. The fraction of sp³-hybridized carbons (Fsp3) is 0.400. The highest BCUT2D eigenvalue weighted by atomic mass is 32.1. The molecule has 2 amide bonds. The summed E-state index contributed by atoms with van der Waals surface area (Å²) in [6.07, 6.45) is 2.56.